The topological polar surface area (TPSA) is 122 Å². The molecule has 1 aromatic carbocycles. The van der Waals surface area contributed by atoms with Crippen molar-refractivity contribution < 1.29 is 33.3 Å². The third-order valence-corrected chi connectivity index (χ3v) is 4.14. The summed E-state index contributed by atoms with van der Waals surface area (Å²) in [5.74, 6) is -1.77. The molecule has 2 heterocycles. The number of rotatable bonds is 5. The van der Waals surface area contributed by atoms with Crippen molar-refractivity contribution in [3.8, 4) is 6.07 Å². The number of hydrogen-bond acceptors (Lipinski definition) is 8. The van der Waals surface area contributed by atoms with Crippen LogP contribution >= 0.6 is 0 Å². The van der Waals surface area contributed by atoms with Gasteiger partial charge in [0.25, 0.3) is 0 Å². The fourth-order valence-corrected chi connectivity index (χ4v) is 2.95. The summed E-state index contributed by atoms with van der Waals surface area (Å²) in [4.78, 5) is 24.7. The number of ether oxygens (including phenoxy) is 4. The summed E-state index contributed by atoms with van der Waals surface area (Å²) in [5, 5.41) is 22.8. The van der Waals surface area contributed by atoms with Crippen LogP contribution in [0.1, 0.15) is 52.1 Å². The number of fused-ring (bicyclic) bond motifs is 1. The number of esters is 2. The molecule has 0 atom stereocenters. The molecule has 0 aliphatic carbocycles. The SMILES string of the molecule is CCOC(=O)c1cc2cc(C#N)c(C3OCCO3)cc2[n+]([O-])c1C(=O)OCC. The Hall–Kier alpha value is -3.22. The fourth-order valence-electron chi connectivity index (χ4n) is 2.95. The van der Waals surface area contributed by atoms with E-state index in [-0.39, 0.29) is 29.9 Å². The largest absolute Gasteiger partial charge is 0.618 e. The summed E-state index contributed by atoms with van der Waals surface area (Å²) in [5.41, 5.74) is -0.0254. The lowest BCUT2D eigenvalue weighted by atomic mass is 10.0. The van der Waals surface area contributed by atoms with Crippen molar-refractivity contribution in [1.82, 2.24) is 0 Å². The van der Waals surface area contributed by atoms with Gasteiger partial charge in [0.15, 0.2) is 6.29 Å². The molecule has 0 bridgehead atoms. The molecule has 28 heavy (non-hydrogen) atoms. The number of aromatic nitrogens is 1. The van der Waals surface area contributed by atoms with Gasteiger partial charge in [0.1, 0.15) is 5.56 Å². The molecule has 0 radical (unpaired) electrons. The Morgan fingerprint density at radius 2 is 1.82 bits per heavy atom. The monoisotopic (exact) mass is 386 g/mol. The average molecular weight is 386 g/mol. The van der Waals surface area contributed by atoms with E-state index >= 15 is 0 Å². The van der Waals surface area contributed by atoms with E-state index in [4.69, 9.17) is 18.9 Å². The molecule has 9 heteroatoms. The Kier molecular flexibility index (Phi) is 5.73. The highest BCUT2D eigenvalue weighted by Crippen LogP contribution is 2.30. The second-order valence-corrected chi connectivity index (χ2v) is 5.83. The Morgan fingerprint density at radius 3 is 2.43 bits per heavy atom. The van der Waals surface area contributed by atoms with Crippen LogP contribution in [0.5, 0.6) is 0 Å². The number of nitrogens with zero attached hydrogens (tertiary/aromatic N) is 2. The van der Waals surface area contributed by atoms with E-state index in [1.54, 1.807) is 13.8 Å². The second kappa shape index (κ2) is 8.21. The number of hydrogen-bond donors (Lipinski definition) is 0. The minimum atomic E-state index is -0.943. The van der Waals surface area contributed by atoms with Gasteiger partial charge in [-0.05, 0) is 26.0 Å². The lowest BCUT2D eigenvalue weighted by Gasteiger charge is -2.15. The molecule has 2 aromatic rings. The van der Waals surface area contributed by atoms with Gasteiger partial charge in [0.2, 0.25) is 5.52 Å². The van der Waals surface area contributed by atoms with Crippen LogP contribution in [0.25, 0.3) is 10.9 Å². The second-order valence-electron chi connectivity index (χ2n) is 5.83. The zero-order valence-corrected chi connectivity index (χ0v) is 15.4. The van der Waals surface area contributed by atoms with Gasteiger partial charge in [0.05, 0.1) is 38.1 Å². The van der Waals surface area contributed by atoms with Gasteiger partial charge in [-0.3, -0.25) is 0 Å². The van der Waals surface area contributed by atoms with Crippen molar-refractivity contribution in [2.45, 2.75) is 20.1 Å². The van der Waals surface area contributed by atoms with E-state index < -0.39 is 23.9 Å². The maximum atomic E-state index is 13.0. The van der Waals surface area contributed by atoms with Crippen LogP contribution in [0.3, 0.4) is 0 Å². The van der Waals surface area contributed by atoms with Gasteiger partial charge in [-0.2, -0.15) is 9.99 Å². The molecule has 1 aromatic heterocycles. The molecule has 1 aliphatic heterocycles. The van der Waals surface area contributed by atoms with E-state index in [9.17, 15) is 20.1 Å². The van der Waals surface area contributed by atoms with Crippen molar-refractivity contribution in [3.63, 3.8) is 0 Å². The summed E-state index contributed by atoms with van der Waals surface area (Å²) < 4.78 is 21.1. The molecule has 1 saturated heterocycles. The van der Waals surface area contributed by atoms with Gasteiger partial charge >= 0.3 is 17.6 Å². The average Bonchev–Trinajstić information content (AvgIpc) is 3.21. The molecule has 146 valence electrons. The van der Waals surface area contributed by atoms with Gasteiger partial charge in [-0.15, -0.1) is 0 Å². The lowest BCUT2D eigenvalue weighted by Crippen LogP contribution is -2.39. The minimum absolute atomic E-state index is 0.0293. The first-order valence-corrected chi connectivity index (χ1v) is 8.73. The molecule has 1 fully saturated rings. The first-order valence-electron chi connectivity index (χ1n) is 8.73. The Balaban J connectivity index is 2.27. The summed E-state index contributed by atoms with van der Waals surface area (Å²) in [7, 11) is 0. The standard InChI is InChI=1S/C19H18N2O7/c1-3-25-17(22)14-8-11-7-12(10-20)13(19-27-5-6-28-19)9-15(11)21(24)16(14)18(23)26-4-2/h7-9,19H,3-6H2,1-2H3. The van der Waals surface area contributed by atoms with E-state index in [2.05, 4.69) is 0 Å². The third kappa shape index (κ3) is 3.47. The number of carbonyl (C=O) groups excluding carboxylic acids is 2. The zero-order chi connectivity index (χ0) is 20.3. The number of carbonyl (C=O) groups is 2. The maximum absolute atomic E-state index is 13.0. The number of pyridine rings is 1. The Labute approximate surface area is 160 Å². The highest BCUT2D eigenvalue weighted by Gasteiger charge is 2.32. The third-order valence-electron chi connectivity index (χ3n) is 4.14. The molecule has 0 saturated carbocycles. The van der Waals surface area contributed by atoms with Crippen LogP contribution in [-0.4, -0.2) is 38.4 Å². The van der Waals surface area contributed by atoms with Gasteiger partial charge in [-0.1, -0.05) is 0 Å². The van der Waals surface area contributed by atoms with E-state index in [1.165, 1.54) is 18.2 Å². The van der Waals surface area contributed by atoms with Crippen LogP contribution in [0.2, 0.25) is 0 Å². The van der Waals surface area contributed by atoms with Crippen LogP contribution in [0, 0.1) is 16.5 Å². The zero-order valence-electron chi connectivity index (χ0n) is 15.4. The summed E-state index contributed by atoms with van der Waals surface area (Å²) in [6.07, 6.45) is -0.783. The van der Waals surface area contributed by atoms with E-state index in [1.807, 2.05) is 6.07 Å². The molecule has 0 amide bonds. The van der Waals surface area contributed by atoms with Gasteiger partial charge < -0.3 is 24.2 Å². The maximum Gasteiger partial charge on any atom is 0.405 e. The van der Waals surface area contributed by atoms with Crippen LogP contribution in [0.4, 0.5) is 0 Å². The van der Waals surface area contributed by atoms with Gasteiger partial charge in [-0.25, -0.2) is 9.59 Å². The van der Waals surface area contributed by atoms with Crippen molar-refractivity contribution >= 4 is 22.8 Å². The molecule has 1 aliphatic rings. The predicted molar refractivity (Wildman–Crippen MR) is 94.2 cm³/mol. The molecule has 0 N–H and O–H groups in total. The van der Waals surface area contributed by atoms with Crippen molar-refractivity contribution in [2.75, 3.05) is 26.4 Å². The lowest BCUT2D eigenvalue weighted by molar-refractivity contribution is -0.580. The highest BCUT2D eigenvalue weighted by molar-refractivity contribution is 6.03. The van der Waals surface area contributed by atoms with Crippen LogP contribution < -0.4 is 4.73 Å². The van der Waals surface area contributed by atoms with Crippen molar-refractivity contribution in [1.29, 1.82) is 5.26 Å². The smallest absolute Gasteiger partial charge is 0.405 e. The normalized spacial score (nSPS) is 14.0. The van der Waals surface area contributed by atoms with E-state index in [0.29, 0.717) is 28.9 Å². The number of nitriles is 1. The van der Waals surface area contributed by atoms with E-state index in [0.717, 1.165) is 0 Å². The molecule has 3 rings (SSSR count). The Morgan fingerprint density at radius 1 is 1.18 bits per heavy atom. The fraction of sp³-hybridized carbons (Fsp3) is 0.368. The predicted octanol–water partition coefficient (Wildman–Crippen LogP) is 1.74. The summed E-state index contributed by atoms with van der Waals surface area (Å²) in [6.45, 7) is 4.01. The molecule has 9 nitrogen and oxygen atoms in total. The summed E-state index contributed by atoms with van der Waals surface area (Å²) >= 11 is 0. The molecular weight excluding hydrogens is 368 g/mol. The summed E-state index contributed by atoms with van der Waals surface area (Å²) in [6, 6.07) is 6.25. The highest BCUT2D eigenvalue weighted by atomic mass is 16.7. The first-order chi connectivity index (χ1) is 13.5. The minimum Gasteiger partial charge on any atom is -0.618 e. The van der Waals surface area contributed by atoms with Crippen molar-refractivity contribution in [3.05, 3.63) is 45.8 Å². The quantitative estimate of drug-likeness (QED) is 0.433. The number of benzene rings is 1. The first kappa shape index (κ1) is 19.5. The van der Waals surface area contributed by atoms with Crippen molar-refractivity contribution in [2.24, 2.45) is 0 Å². The van der Waals surface area contributed by atoms with Crippen LogP contribution in [0.15, 0.2) is 18.2 Å². The van der Waals surface area contributed by atoms with Gasteiger partial charge in [0, 0.05) is 17.0 Å². The molecular formula is C19H18N2O7. The molecule has 0 unspecified atom stereocenters. The van der Waals surface area contributed by atoms with Crippen LogP contribution in [-0.2, 0) is 18.9 Å². The molecule has 0 spiro atoms. The Bertz CT molecular complexity index is 975.